The van der Waals surface area contributed by atoms with Crippen molar-refractivity contribution in [1.82, 2.24) is 5.16 Å². The molecule has 3 rings (SSSR count). The molecule has 0 fully saturated rings. The molecule has 0 spiro atoms. The van der Waals surface area contributed by atoms with E-state index in [2.05, 4.69) is 15.2 Å². The highest BCUT2D eigenvalue weighted by molar-refractivity contribution is 7.94. The van der Waals surface area contributed by atoms with Gasteiger partial charge in [0.05, 0.1) is 5.56 Å². The van der Waals surface area contributed by atoms with Crippen LogP contribution in [0.15, 0.2) is 45.1 Å². The van der Waals surface area contributed by atoms with E-state index in [1.54, 1.807) is 19.9 Å². The van der Waals surface area contributed by atoms with E-state index in [1.807, 2.05) is 0 Å². The van der Waals surface area contributed by atoms with Gasteiger partial charge in [0, 0.05) is 17.0 Å². The third-order valence-electron chi connectivity index (χ3n) is 4.18. The molecule has 0 radical (unpaired) electrons. The van der Waals surface area contributed by atoms with Gasteiger partial charge in [-0.25, -0.2) is 8.42 Å². The molecule has 0 saturated carbocycles. The van der Waals surface area contributed by atoms with Crippen molar-refractivity contribution >= 4 is 50.8 Å². The van der Waals surface area contributed by atoms with E-state index in [4.69, 9.17) is 4.52 Å². The van der Waals surface area contributed by atoms with Gasteiger partial charge in [0.2, 0.25) is 5.91 Å². The maximum atomic E-state index is 12.9. The highest BCUT2D eigenvalue weighted by Gasteiger charge is 2.30. The molecule has 12 heteroatoms. The Labute approximate surface area is 186 Å². The van der Waals surface area contributed by atoms with Crippen molar-refractivity contribution < 1.29 is 30.9 Å². The van der Waals surface area contributed by atoms with E-state index < -0.39 is 21.8 Å². The molecule has 0 aliphatic carbocycles. The third kappa shape index (κ3) is 5.56. The highest BCUT2D eigenvalue weighted by atomic mass is 32.2. The fraction of sp³-hybridized carbons (Fsp3) is 0.200. The van der Waals surface area contributed by atoms with Gasteiger partial charge in [-0.05, 0) is 49.4 Å². The lowest BCUT2D eigenvalue weighted by Crippen LogP contribution is -2.12. The number of aromatic nitrogens is 1. The number of carbonyl (C=O) groups excluding carboxylic acids is 1. The van der Waals surface area contributed by atoms with Crippen molar-refractivity contribution in [2.24, 2.45) is 0 Å². The summed E-state index contributed by atoms with van der Waals surface area (Å²) in [4.78, 5) is 12.2. The monoisotopic (exact) mass is 485 g/mol. The van der Waals surface area contributed by atoms with Gasteiger partial charge in [-0.1, -0.05) is 18.1 Å². The molecule has 1 aromatic carbocycles. The van der Waals surface area contributed by atoms with Gasteiger partial charge in [-0.15, -0.1) is 11.3 Å². The predicted molar refractivity (Wildman–Crippen MR) is 116 cm³/mol. The molecule has 2 N–H and O–H groups in total. The van der Waals surface area contributed by atoms with Crippen molar-refractivity contribution in [3.63, 3.8) is 0 Å². The van der Waals surface area contributed by atoms with E-state index in [1.165, 1.54) is 24.3 Å². The van der Waals surface area contributed by atoms with E-state index in [-0.39, 0.29) is 22.2 Å². The Morgan fingerprint density at radius 3 is 2.66 bits per heavy atom. The van der Waals surface area contributed by atoms with Gasteiger partial charge in [-0.2, -0.15) is 13.2 Å². The number of hydrogen-bond acceptors (Lipinski definition) is 6. The number of halogens is 3. The van der Waals surface area contributed by atoms with Crippen LogP contribution < -0.4 is 10.0 Å². The molecule has 1 amide bonds. The topological polar surface area (TPSA) is 101 Å². The van der Waals surface area contributed by atoms with Crippen LogP contribution in [-0.2, 0) is 21.0 Å². The Balaban J connectivity index is 1.78. The van der Waals surface area contributed by atoms with Crippen LogP contribution in [0.2, 0.25) is 0 Å². The number of carbonyl (C=O) groups is 1. The van der Waals surface area contributed by atoms with Crippen molar-refractivity contribution in [3.8, 4) is 0 Å². The summed E-state index contributed by atoms with van der Waals surface area (Å²) in [5.74, 6) is 0.0836. The van der Waals surface area contributed by atoms with Crippen molar-refractivity contribution in [2.75, 3.05) is 10.0 Å². The second kappa shape index (κ2) is 9.17. The molecule has 32 heavy (non-hydrogen) atoms. The molecular formula is C20H18F3N3O4S2. The summed E-state index contributed by atoms with van der Waals surface area (Å²) in [6.45, 7) is 3.37. The zero-order valence-corrected chi connectivity index (χ0v) is 18.5. The minimum absolute atomic E-state index is 0.0807. The van der Waals surface area contributed by atoms with Crippen LogP contribution in [0.3, 0.4) is 0 Å². The van der Waals surface area contributed by atoms with E-state index in [0.29, 0.717) is 22.0 Å². The Bertz CT molecular complexity index is 1260. The number of nitrogens with zero attached hydrogens (tertiary/aromatic N) is 1. The molecule has 2 heterocycles. The maximum Gasteiger partial charge on any atom is 0.416 e. The number of alkyl halides is 3. The van der Waals surface area contributed by atoms with E-state index in [0.717, 1.165) is 29.5 Å². The zero-order valence-electron chi connectivity index (χ0n) is 16.9. The van der Waals surface area contributed by atoms with E-state index in [9.17, 15) is 26.4 Å². The lowest BCUT2D eigenvalue weighted by molar-refractivity contribution is -0.137. The molecule has 0 saturated heterocycles. The van der Waals surface area contributed by atoms with Crippen LogP contribution in [-0.4, -0.2) is 19.5 Å². The summed E-state index contributed by atoms with van der Waals surface area (Å²) in [5.41, 5.74) is -0.241. The number of aryl methyl sites for hydroxylation is 1. The summed E-state index contributed by atoms with van der Waals surface area (Å²) >= 11 is 0.910. The summed E-state index contributed by atoms with van der Waals surface area (Å²) in [6, 6.07) is 6.82. The van der Waals surface area contributed by atoms with Crippen molar-refractivity contribution in [2.45, 2.75) is 30.7 Å². The number of benzene rings is 1. The smallest absolute Gasteiger partial charge is 0.354 e. The number of anilines is 2. The van der Waals surface area contributed by atoms with Gasteiger partial charge in [0.25, 0.3) is 10.0 Å². The Morgan fingerprint density at radius 1 is 1.22 bits per heavy atom. The highest BCUT2D eigenvalue weighted by Crippen LogP contribution is 2.32. The number of hydrogen-bond donors (Lipinski definition) is 2. The summed E-state index contributed by atoms with van der Waals surface area (Å²) in [7, 11) is -4.09. The van der Waals surface area contributed by atoms with Crippen LogP contribution in [0.4, 0.5) is 24.5 Å². The number of thiophene rings is 1. The zero-order chi connectivity index (χ0) is 23.5. The average molecular weight is 486 g/mol. The van der Waals surface area contributed by atoms with E-state index >= 15 is 0 Å². The predicted octanol–water partition coefficient (Wildman–Crippen LogP) is 5.38. The molecule has 0 aliphatic heterocycles. The van der Waals surface area contributed by atoms with Crippen molar-refractivity contribution in [3.05, 3.63) is 58.3 Å². The second-order valence-electron chi connectivity index (χ2n) is 6.58. The minimum atomic E-state index is -4.59. The van der Waals surface area contributed by atoms with Gasteiger partial charge >= 0.3 is 6.18 Å². The number of rotatable bonds is 7. The van der Waals surface area contributed by atoms with Gasteiger partial charge in [0.1, 0.15) is 15.6 Å². The molecule has 0 atom stereocenters. The molecule has 3 aromatic rings. The SMILES string of the molecule is CCC(=O)Nc1c(C)noc1C=Cc1ccc(S(=O)(=O)Nc2cccc(C(F)(F)F)c2)s1. The summed E-state index contributed by atoms with van der Waals surface area (Å²) < 4.78 is 71.0. The molecule has 2 aromatic heterocycles. The third-order valence-corrected chi connectivity index (χ3v) is 7.11. The first-order valence-electron chi connectivity index (χ1n) is 9.23. The average Bonchev–Trinajstić information content (AvgIpc) is 3.33. The largest absolute Gasteiger partial charge is 0.416 e. The Hall–Kier alpha value is -3.12. The minimum Gasteiger partial charge on any atom is -0.354 e. The summed E-state index contributed by atoms with van der Waals surface area (Å²) in [6.07, 6.45) is -1.20. The number of nitrogens with one attached hydrogen (secondary N) is 2. The lowest BCUT2D eigenvalue weighted by Gasteiger charge is -2.10. The first kappa shape index (κ1) is 23.5. The fourth-order valence-corrected chi connectivity index (χ4v) is 4.85. The molecule has 0 unspecified atom stereocenters. The molecular weight excluding hydrogens is 467 g/mol. The number of amides is 1. The van der Waals surface area contributed by atoms with Crippen LogP contribution in [0.5, 0.6) is 0 Å². The molecule has 7 nitrogen and oxygen atoms in total. The molecule has 0 aliphatic rings. The lowest BCUT2D eigenvalue weighted by atomic mass is 10.2. The van der Waals surface area contributed by atoms with Gasteiger partial charge in [0.15, 0.2) is 5.76 Å². The maximum absolute atomic E-state index is 12.9. The number of sulfonamides is 1. The van der Waals surface area contributed by atoms with Crippen molar-refractivity contribution in [1.29, 1.82) is 0 Å². The Kier molecular flexibility index (Phi) is 6.74. The quantitative estimate of drug-likeness (QED) is 0.468. The normalized spacial score (nSPS) is 12.3. The fourth-order valence-electron chi connectivity index (χ4n) is 2.57. The standard InChI is InChI=1S/C20H18F3N3O4S2/c1-3-17(27)24-19-12(2)25-30-16(19)9-7-15-8-10-18(31-15)32(28,29)26-14-6-4-5-13(11-14)20(21,22)23/h4-11,26H,3H2,1-2H3,(H,24,27). The van der Waals surface area contributed by atoms with Crippen LogP contribution in [0.1, 0.15) is 35.2 Å². The molecule has 170 valence electrons. The first-order valence-corrected chi connectivity index (χ1v) is 11.5. The first-order chi connectivity index (χ1) is 15.0. The van der Waals surface area contributed by atoms with Crippen LogP contribution in [0.25, 0.3) is 12.2 Å². The van der Waals surface area contributed by atoms with Crippen LogP contribution in [0, 0.1) is 6.92 Å². The summed E-state index contributed by atoms with van der Waals surface area (Å²) in [5, 5.41) is 6.50. The van der Waals surface area contributed by atoms with Gasteiger partial charge in [-0.3, -0.25) is 9.52 Å². The second-order valence-corrected chi connectivity index (χ2v) is 9.61. The Morgan fingerprint density at radius 2 is 1.97 bits per heavy atom. The molecule has 0 bridgehead atoms. The van der Waals surface area contributed by atoms with Crippen LogP contribution >= 0.6 is 11.3 Å². The van der Waals surface area contributed by atoms with Gasteiger partial charge < -0.3 is 9.84 Å².